The van der Waals surface area contributed by atoms with E-state index < -0.39 is 35.5 Å². The van der Waals surface area contributed by atoms with Crippen LogP contribution in [0.25, 0.3) is 0 Å². The van der Waals surface area contributed by atoms with Crippen molar-refractivity contribution in [2.24, 2.45) is 0 Å². The molecule has 3 amide bonds. The smallest absolute Gasteiger partial charge is 0.408 e. The first-order chi connectivity index (χ1) is 16.0. The third-order valence-electron chi connectivity index (χ3n) is 4.45. The number of carbonyl (C=O) groups is 4. The summed E-state index contributed by atoms with van der Waals surface area (Å²) in [6, 6.07) is 5.75. The van der Waals surface area contributed by atoms with Crippen molar-refractivity contribution in [1.82, 2.24) is 15.5 Å². The van der Waals surface area contributed by atoms with E-state index in [0.717, 1.165) is 0 Å². The summed E-state index contributed by atoms with van der Waals surface area (Å²) in [6.07, 6.45) is 5.28. The molecule has 9 nitrogen and oxygen atoms in total. The number of nitrogens with one attached hydrogen (secondary N) is 2. The third kappa shape index (κ3) is 9.94. The summed E-state index contributed by atoms with van der Waals surface area (Å²) in [5, 5.41) is 5.14. The van der Waals surface area contributed by atoms with Crippen LogP contribution in [0.4, 0.5) is 4.79 Å². The van der Waals surface area contributed by atoms with E-state index in [4.69, 9.17) is 15.9 Å². The Hall–Kier alpha value is -3.54. The second-order valence-corrected chi connectivity index (χ2v) is 8.46. The number of hydrogen-bond acceptors (Lipinski definition) is 6. The number of rotatable bonds is 11. The molecule has 0 radical (unpaired) electrons. The summed E-state index contributed by atoms with van der Waals surface area (Å²) in [7, 11) is 0. The number of carbonyl (C=O) groups excluding carboxylic acids is 4. The number of hydrogen-bond donors (Lipinski definition) is 2. The molecule has 0 fully saturated rings. The summed E-state index contributed by atoms with van der Waals surface area (Å²) >= 11 is 0. The Morgan fingerprint density at radius 1 is 1.09 bits per heavy atom. The number of alkyl carbamates (subject to hydrolysis) is 1. The molecule has 1 aromatic carbocycles. The number of benzene rings is 1. The van der Waals surface area contributed by atoms with Gasteiger partial charge in [-0.05, 0) is 51.8 Å². The second-order valence-electron chi connectivity index (χ2n) is 8.46. The Morgan fingerprint density at radius 2 is 1.74 bits per heavy atom. The van der Waals surface area contributed by atoms with Gasteiger partial charge in [0.05, 0.1) is 13.0 Å². The van der Waals surface area contributed by atoms with Crippen molar-refractivity contribution in [1.29, 1.82) is 0 Å². The van der Waals surface area contributed by atoms with Crippen LogP contribution < -0.4 is 10.6 Å². The lowest BCUT2D eigenvalue weighted by Gasteiger charge is -2.31. The maximum atomic E-state index is 13.2. The molecule has 0 bridgehead atoms. The average molecular weight is 474 g/mol. The molecule has 9 heteroatoms. The highest BCUT2D eigenvalue weighted by Crippen LogP contribution is 2.22. The Labute approximate surface area is 201 Å². The first-order valence-electron chi connectivity index (χ1n) is 11.3. The van der Waals surface area contributed by atoms with Crippen molar-refractivity contribution < 1.29 is 28.7 Å². The zero-order valence-electron chi connectivity index (χ0n) is 20.6. The molecular formula is C25H35N3O6. The predicted octanol–water partition coefficient (Wildman–Crippen LogP) is 2.54. The SMILES string of the molecule is C#Cc1ccc(C(C(=O)NCCC(=O)OCC)N(CCC)C(=O)CNC(=O)OC(C)(C)C)cc1. The van der Waals surface area contributed by atoms with E-state index >= 15 is 0 Å². The van der Waals surface area contributed by atoms with E-state index in [1.165, 1.54) is 4.90 Å². The number of ether oxygens (including phenoxy) is 2. The monoisotopic (exact) mass is 473 g/mol. The van der Waals surface area contributed by atoms with E-state index in [1.807, 2.05) is 6.92 Å². The third-order valence-corrected chi connectivity index (χ3v) is 4.45. The molecular weight excluding hydrogens is 438 g/mol. The minimum Gasteiger partial charge on any atom is -0.466 e. The molecule has 0 aliphatic carbocycles. The lowest BCUT2D eigenvalue weighted by atomic mass is 10.0. The molecule has 0 saturated carbocycles. The fourth-order valence-corrected chi connectivity index (χ4v) is 3.05. The second kappa shape index (κ2) is 13.9. The van der Waals surface area contributed by atoms with Gasteiger partial charge in [-0.25, -0.2) is 4.79 Å². The van der Waals surface area contributed by atoms with Gasteiger partial charge in [0.2, 0.25) is 11.8 Å². The van der Waals surface area contributed by atoms with Gasteiger partial charge in [0.25, 0.3) is 0 Å². The van der Waals surface area contributed by atoms with Crippen LogP contribution in [0.5, 0.6) is 0 Å². The molecule has 0 aliphatic heterocycles. The molecule has 1 unspecified atom stereocenters. The van der Waals surface area contributed by atoms with Gasteiger partial charge < -0.3 is 25.0 Å². The van der Waals surface area contributed by atoms with Crippen molar-refractivity contribution in [2.75, 3.05) is 26.2 Å². The van der Waals surface area contributed by atoms with Crippen LogP contribution in [0.15, 0.2) is 24.3 Å². The van der Waals surface area contributed by atoms with Crippen LogP contribution in [0.1, 0.15) is 64.6 Å². The van der Waals surface area contributed by atoms with Crippen molar-refractivity contribution >= 4 is 23.9 Å². The van der Waals surface area contributed by atoms with E-state index in [1.54, 1.807) is 52.0 Å². The Morgan fingerprint density at radius 3 is 2.26 bits per heavy atom. The molecule has 0 aliphatic rings. The topological polar surface area (TPSA) is 114 Å². The van der Waals surface area contributed by atoms with E-state index in [0.29, 0.717) is 17.5 Å². The number of amides is 3. The molecule has 0 heterocycles. The molecule has 2 N–H and O–H groups in total. The van der Waals surface area contributed by atoms with Crippen molar-refractivity contribution in [3.05, 3.63) is 35.4 Å². The van der Waals surface area contributed by atoms with Crippen LogP contribution in [0, 0.1) is 12.3 Å². The minimum atomic E-state index is -0.984. The number of nitrogens with zero attached hydrogens (tertiary/aromatic N) is 1. The molecule has 1 atom stereocenters. The zero-order chi connectivity index (χ0) is 25.7. The zero-order valence-corrected chi connectivity index (χ0v) is 20.6. The van der Waals surface area contributed by atoms with Gasteiger partial charge in [0.1, 0.15) is 18.2 Å². The highest BCUT2D eigenvalue weighted by atomic mass is 16.6. The van der Waals surface area contributed by atoms with Gasteiger partial charge in [0.15, 0.2) is 0 Å². The van der Waals surface area contributed by atoms with Gasteiger partial charge in [-0.3, -0.25) is 14.4 Å². The summed E-state index contributed by atoms with van der Waals surface area (Å²) in [5.74, 6) is 1.17. The maximum Gasteiger partial charge on any atom is 0.408 e. The van der Waals surface area contributed by atoms with Crippen molar-refractivity contribution in [3.8, 4) is 12.3 Å². The molecule has 0 saturated heterocycles. The van der Waals surface area contributed by atoms with Crippen LogP contribution in [0.3, 0.4) is 0 Å². The highest BCUT2D eigenvalue weighted by molar-refractivity contribution is 5.90. The van der Waals surface area contributed by atoms with E-state index in [-0.39, 0.29) is 32.7 Å². The van der Waals surface area contributed by atoms with Gasteiger partial charge in [-0.2, -0.15) is 0 Å². The van der Waals surface area contributed by atoms with Crippen LogP contribution in [-0.4, -0.2) is 60.6 Å². The Bertz CT molecular complexity index is 883. The van der Waals surface area contributed by atoms with Crippen molar-refractivity contribution in [3.63, 3.8) is 0 Å². The van der Waals surface area contributed by atoms with E-state index in [2.05, 4.69) is 16.6 Å². The summed E-state index contributed by atoms with van der Waals surface area (Å²) in [4.78, 5) is 51.3. The largest absolute Gasteiger partial charge is 0.466 e. The lowest BCUT2D eigenvalue weighted by Crippen LogP contribution is -2.48. The van der Waals surface area contributed by atoms with E-state index in [9.17, 15) is 19.2 Å². The predicted molar refractivity (Wildman–Crippen MR) is 128 cm³/mol. The first kappa shape index (κ1) is 28.5. The molecule has 0 spiro atoms. The molecule has 1 rings (SSSR count). The quantitative estimate of drug-likeness (QED) is 0.377. The Balaban J connectivity index is 3.09. The minimum absolute atomic E-state index is 0.00422. The number of esters is 1. The van der Waals surface area contributed by atoms with Crippen LogP contribution >= 0.6 is 0 Å². The maximum absolute atomic E-state index is 13.2. The fourth-order valence-electron chi connectivity index (χ4n) is 3.05. The summed E-state index contributed by atoms with van der Waals surface area (Å²) in [5.41, 5.74) is 0.466. The van der Waals surface area contributed by atoms with Gasteiger partial charge in [-0.1, -0.05) is 25.0 Å². The summed E-state index contributed by atoms with van der Waals surface area (Å²) < 4.78 is 10.1. The molecule has 186 valence electrons. The molecule has 1 aromatic rings. The van der Waals surface area contributed by atoms with Crippen LogP contribution in [0.2, 0.25) is 0 Å². The highest BCUT2D eigenvalue weighted by Gasteiger charge is 2.31. The first-order valence-corrected chi connectivity index (χ1v) is 11.3. The summed E-state index contributed by atoms with van der Waals surface area (Å²) in [6.45, 7) is 8.95. The Kier molecular flexibility index (Phi) is 11.6. The van der Waals surface area contributed by atoms with Crippen molar-refractivity contribution in [2.45, 2.75) is 59.1 Å². The normalized spacial score (nSPS) is 11.5. The van der Waals surface area contributed by atoms with Gasteiger partial charge in [-0.15, -0.1) is 6.42 Å². The molecule has 34 heavy (non-hydrogen) atoms. The molecule has 0 aromatic heterocycles. The van der Waals surface area contributed by atoms with Gasteiger partial charge in [0, 0.05) is 18.7 Å². The lowest BCUT2D eigenvalue weighted by molar-refractivity contribution is -0.143. The fraction of sp³-hybridized carbons (Fsp3) is 0.520. The van der Waals surface area contributed by atoms with Gasteiger partial charge >= 0.3 is 12.1 Å². The number of terminal acetylenes is 1. The van der Waals surface area contributed by atoms with Crippen LogP contribution in [-0.2, 0) is 23.9 Å². The standard InChI is InChI=1S/C25H35N3O6/c1-7-16-28(20(29)17-27-24(32)34-25(4,5)6)22(19-12-10-18(8-2)11-13-19)23(31)26-15-14-21(30)33-9-3/h2,10-13,22H,7,9,14-17H2,1,3-6H3,(H,26,31)(H,27,32). The average Bonchev–Trinajstić information content (AvgIpc) is 2.76.